The highest BCUT2D eigenvalue weighted by molar-refractivity contribution is 7.99. The van der Waals surface area contributed by atoms with E-state index in [0.29, 0.717) is 11.3 Å². The van der Waals surface area contributed by atoms with Crippen LogP contribution >= 0.6 is 11.8 Å². The first kappa shape index (κ1) is 18.7. The number of aromatic nitrogens is 2. The Balaban J connectivity index is 1.66. The normalized spacial score (nSPS) is 10.6. The fourth-order valence-electron chi connectivity index (χ4n) is 2.68. The van der Waals surface area contributed by atoms with E-state index in [9.17, 15) is 14.9 Å². The Bertz CT molecular complexity index is 986. The predicted octanol–water partition coefficient (Wildman–Crippen LogP) is 4.03. The predicted molar refractivity (Wildman–Crippen MR) is 106 cm³/mol. The van der Waals surface area contributed by atoms with Gasteiger partial charge in [-0.15, -0.1) is 0 Å². The summed E-state index contributed by atoms with van der Waals surface area (Å²) in [7, 11) is 1.90. The molecule has 2 aromatic carbocycles. The molecule has 0 fully saturated rings. The van der Waals surface area contributed by atoms with Crippen LogP contribution in [-0.4, -0.2) is 26.1 Å². The van der Waals surface area contributed by atoms with Crippen molar-refractivity contribution >= 4 is 29.0 Å². The van der Waals surface area contributed by atoms with Gasteiger partial charge in [0.2, 0.25) is 5.91 Å². The fourth-order valence-corrected chi connectivity index (χ4v) is 3.43. The van der Waals surface area contributed by atoms with Gasteiger partial charge in [-0.05, 0) is 18.6 Å². The number of benzene rings is 2. The number of hydrogen-bond donors (Lipinski definition) is 1. The lowest BCUT2D eigenvalue weighted by atomic mass is 10.1. The molecular weight excluding hydrogens is 364 g/mol. The first-order valence-electron chi connectivity index (χ1n) is 8.21. The van der Waals surface area contributed by atoms with Crippen LogP contribution in [0.2, 0.25) is 0 Å². The number of carbonyl (C=O) groups excluding carboxylic acids is 1. The number of nitrogens with one attached hydrogen (secondary N) is 1. The molecule has 7 nitrogen and oxygen atoms in total. The summed E-state index contributed by atoms with van der Waals surface area (Å²) in [6.45, 7) is 1.62. The highest BCUT2D eigenvalue weighted by Crippen LogP contribution is 2.27. The molecule has 138 valence electrons. The molecule has 0 atom stereocenters. The van der Waals surface area contributed by atoms with Crippen LogP contribution in [-0.2, 0) is 11.8 Å². The van der Waals surface area contributed by atoms with Gasteiger partial charge in [0.25, 0.3) is 5.69 Å². The van der Waals surface area contributed by atoms with Crippen molar-refractivity contribution in [2.24, 2.45) is 7.05 Å². The second kappa shape index (κ2) is 8.05. The maximum Gasteiger partial charge on any atom is 0.274 e. The Morgan fingerprint density at radius 1 is 1.22 bits per heavy atom. The number of imidazole rings is 1. The van der Waals surface area contributed by atoms with Crippen LogP contribution < -0.4 is 5.32 Å². The zero-order valence-corrected chi connectivity index (χ0v) is 15.7. The molecule has 0 radical (unpaired) electrons. The van der Waals surface area contributed by atoms with Crippen molar-refractivity contribution in [1.29, 1.82) is 0 Å². The molecule has 27 heavy (non-hydrogen) atoms. The first-order valence-corrected chi connectivity index (χ1v) is 9.19. The molecule has 8 heteroatoms. The van der Waals surface area contributed by atoms with Gasteiger partial charge in [-0.2, -0.15) is 0 Å². The fraction of sp³-hybridized carbons (Fsp3) is 0.158. The van der Waals surface area contributed by atoms with Crippen molar-refractivity contribution in [3.63, 3.8) is 0 Å². The summed E-state index contributed by atoms with van der Waals surface area (Å²) < 4.78 is 1.94. The van der Waals surface area contributed by atoms with Crippen LogP contribution in [0.1, 0.15) is 5.56 Å². The number of rotatable bonds is 6. The van der Waals surface area contributed by atoms with Gasteiger partial charge in [-0.25, -0.2) is 4.98 Å². The Morgan fingerprint density at radius 3 is 2.67 bits per heavy atom. The van der Waals surface area contributed by atoms with Crippen molar-refractivity contribution in [3.8, 4) is 11.3 Å². The average Bonchev–Trinajstić information content (AvgIpc) is 3.03. The second-order valence-corrected chi connectivity index (χ2v) is 6.84. The van der Waals surface area contributed by atoms with Crippen LogP contribution in [0.4, 0.5) is 11.4 Å². The quantitative estimate of drug-likeness (QED) is 0.395. The number of nitro benzene ring substituents is 1. The molecule has 0 saturated heterocycles. The first-order chi connectivity index (χ1) is 13.0. The molecule has 1 aromatic heterocycles. The molecule has 0 aliphatic rings. The summed E-state index contributed by atoms with van der Waals surface area (Å²) in [6, 6.07) is 14.5. The number of hydrogen-bond acceptors (Lipinski definition) is 5. The maximum absolute atomic E-state index is 12.3. The third kappa shape index (κ3) is 4.17. The standard InChI is InChI=1S/C19H18N4O3S/c1-13-15(9-6-10-16(13)23(25)26)21-18(24)12-27-19-20-11-17(22(19)2)14-7-4-3-5-8-14/h3-11H,12H2,1-2H3,(H,21,24). The second-order valence-electron chi connectivity index (χ2n) is 5.89. The minimum Gasteiger partial charge on any atom is -0.325 e. The smallest absolute Gasteiger partial charge is 0.274 e. The van der Waals surface area contributed by atoms with Crippen LogP contribution in [0.3, 0.4) is 0 Å². The topological polar surface area (TPSA) is 90.1 Å². The van der Waals surface area contributed by atoms with E-state index in [1.54, 1.807) is 25.3 Å². The molecule has 0 spiro atoms. The van der Waals surface area contributed by atoms with E-state index < -0.39 is 4.92 Å². The minimum absolute atomic E-state index is 0.0166. The molecule has 1 heterocycles. The number of amides is 1. The number of anilines is 1. The monoisotopic (exact) mass is 382 g/mol. The third-order valence-electron chi connectivity index (χ3n) is 4.12. The van der Waals surface area contributed by atoms with E-state index in [2.05, 4.69) is 10.3 Å². The van der Waals surface area contributed by atoms with Crippen LogP contribution in [0, 0.1) is 17.0 Å². The van der Waals surface area contributed by atoms with E-state index >= 15 is 0 Å². The molecule has 0 unspecified atom stereocenters. The van der Waals surface area contributed by atoms with Gasteiger partial charge >= 0.3 is 0 Å². The summed E-state index contributed by atoms with van der Waals surface area (Å²) in [6.07, 6.45) is 1.78. The van der Waals surface area contributed by atoms with Gasteiger partial charge in [0.05, 0.1) is 33.8 Å². The van der Waals surface area contributed by atoms with E-state index in [4.69, 9.17) is 0 Å². The van der Waals surface area contributed by atoms with E-state index in [-0.39, 0.29) is 17.3 Å². The lowest BCUT2D eigenvalue weighted by Gasteiger charge is -2.09. The van der Waals surface area contributed by atoms with Crippen molar-refractivity contribution < 1.29 is 9.72 Å². The minimum atomic E-state index is -0.460. The van der Waals surface area contributed by atoms with Gasteiger partial charge in [0.15, 0.2) is 5.16 Å². The molecule has 3 aromatic rings. The molecule has 0 aliphatic carbocycles. The summed E-state index contributed by atoms with van der Waals surface area (Å²) in [5.74, 6) is -0.0887. The summed E-state index contributed by atoms with van der Waals surface area (Å²) in [4.78, 5) is 27.2. The van der Waals surface area contributed by atoms with Crippen molar-refractivity contribution in [1.82, 2.24) is 9.55 Å². The van der Waals surface area contributed by atoms with Gasteiger partial charge in [0.1, 0.15) is 0 Å². The SMILES string of the molecule is Cc1c(NC(=O)CSc2ncc(-c3ccccc3)n2C)cccc1[N+](=O)[O-]. The number of nitrogens with zero attached hydrogens (tertiary/aromatic N) is 3. The highest BCUT2D eigenvalue weighted by Gasteiger charge is 2.16. The Hall–Kier alpha value is -3.13. The van der Waals surface area contributed by atoms with Gasteiger partial charge < -0.3 is 9.88 Å². The lowest BCUT2D eigenvalue weighted by Crippen LogP contribution is -2.15. The summed E-state index contributed by atoms with van der Waals surface area (Å²) in [5.41, 5.74) is 2.88. The van der Waals surface area contributed by atoms with E-state index in [1.165, 1.54) is 17.8 Å². The Kier molecular flexibility index (Phi) is 5.56. The van der Waals surface area contributed by atoms with Gasteiger partial charge in [0, 0.05) is 13.1 Å². The van der Waals surface area contributed by atoms with Crippen LogP contribution in [0.15, 0.2) is 59.9 Å². The number of nitro groups is 1. The molecule has 0 aliphatic heterocycles. The number of thioether (sulfide) groups is 1. The third-order valence-corrected chi connectivity index (χ3v) is 5.17. The molecule has 0 bridgehead atoms. The molecule has 1 amide bonds. The van der Waals surface area contributed by atoms with Crippen molar-refractivity contribution in [3.05, 3.63) is 70.4 Å². The Morgan fingerprint density at radius 2 is 1.96 bits per heavy atom. The lowest BCUT2D eigenvalue weighted by molar-refractivity contribution is -0.385. The van der Waals surface area contributed by atoms with Crippen molar-refractivity contribution in [2.45, 2.75) is 12.1 Å². The largest absolute Gasteiger partial charge is 0.325 e. The highest BCUT2D eigenvalue weighted by atomic mass is 32.2. The maximum atomic E-state index is 12.3. The van der Waals surface area contributed by atoms with Crippen LogP contribution in [0.5, 0.6) is 0 Å². The van der Waals surface area contributed by atoms with Crippen LogP contribution in [0.25, 0.3) is 11.3 Å². The zero-order chi connectivity index (χ0) is 19.4. The van der Waals surface area contributed by atoms with Gasteiger partial charge in [-0.1, -0.05) is 48.2 Å². The Labute approximate surface area is 160 Å². The molecule has 1 N–H and O–H groups in total. The number of carbonyl (C=O) groups is 1. The summed E-state index contributed by atoms with van der Waals surface area (Å²) in [5, 5.41) is 14.5. The average molecular weight is 382 g/mol. The van der Waals surface area contributed by atoms with Gasteiger partial charge in [-0.3, -0.25) is 14.9 Å². The zero-order valence-electron chi connectivity index (χ0n) is 14.9. The molecule has 3 rings (SSSR count). The molecular formula is C19H18N4O3S. The van der Waals surface area contributed by atoms with E-state index in [1.807, 2.05) is 41.9 Å². The van der Waals surface area contributed by atoms with Crippen molar-refractivity contribution in [2.75, 3.05) is 11.1 Å². The molecule has 0 saturated carbocycles. The van der Waals surface area contributed by atoms with E-state index in [0.717, 1.165) is 16.4 Å². The summed E-state index contributed by atoms with van der Waals surface area (Å²) >= 11 is 1.31.